The molecule has 0 atom stereocenters. The van der Waals surface area contributed by atoms with Gasteiger partial charge in [-0.05, 0) is 43.3 Å². The number of aryl methyl sites for hydroxylation is 1. The summed E-state index contributed by atoms with van der Waals surface area (Å²) in [7, 11) is 0. The molecule has 152 valence electrons. The third-order valence-corrected chi connectivity index (χ3v) is 6.08. The van der Waals surface area contributed by atoms with E-state index in [1.165, 1.54) is 35.6 Å². The van der Waals surface area contributed by atoms with Gasteiger partial charge in [0.1, 0.15) is 10.8 Å². The number of thiazole rings is 1. The number of carbonyl (C=O) groups excluding carboxylic acids is 1. The van der Waals surface area contributed by atoms with Crippen LogP contribution in [-0.2, 0) is 6.54 Å². The van der Waals surface area contributed by atoms with Gasteiger partial charge in [0.2, 0.25) is 0 Å². The Kier molecular flexibility index (Phi) is 5.23. The van der Waals surface area contributed by atoms with E-state index in [0.29, 0.717) is 0 Å². The zero-order valence-corrected chi connectivity index (χ0v) is 17.1. The highest BCUT2D eigenvalue weighted by Crippen LogP contribution is 2.28. The fraction of sp³-hybridized carbons (Fsp3) is 0.100. The van der Waals surface area contributed by atoms with Gasteiger partial charge in [-0.3, -0.25) is 19.3 Å². The molecule has 0 aliphatic carbocycles. The number of nitro benzene ring substituents is 1. The van der Waals surface area contributed by atoms with Crippen LogP contribution in [0.4, 0.5) is 10.1 Å². The molecular weight excluding hydrogens is 431 g/mol. The number of hydrogen-bond donors (Lipinski definition) is 1. The molecule has 0 aliphatic rings. The zero-order valence-electron chi connectivity index (χ0n) is 15.6. The number of amides is 1. The molecule has 2 heterocycles. The number of nitro groups is 1. The second-order valence-corrected chi connectivity index (χ2v) is 7.97. The van der Waals surface area contributed by atoms with E-state index in [9.17, 15) is 19.3 Å². The standard InChI is InChI=1S/C20H14ClFN4O3S/c1-11-18(9-23-19(27)13-4-7-15(21)17(8-13)26(28)29)30-20-24-16(10-25(11)20)12-2-5-14(22)6-3-12/h2-8,10H,9H2,1H3,(H,23,27). The minimum absolute atomic E-state index is 0.0242. The average molecular weight is 445 g/mol. The van der Waals surface area contributed by atoms with E-state index in [4.69, 9.17) is 11.6 Å². The van der Waals surface area contributed by atoms with E-state index in [1.54, 1.807) is 12.1 Å². The van der Waals surface area contributed by atoms with Crippen LogP contribution in [-0.4, -0.2) is 20.2 Å². The van der Waals surface area contributed by atoms with Gasteiger partial charge in [-0.1, -0.05) is 22.9 Å². The minimum Gasteiger partial charge on any atom is -0.347 e. The first-order valence-electron chi connectivity index (χ1n) is 8.79. The third-order valence-electron chi connectivity index (χ3n) is 4.61. The summed E-state index contributed by atoms with van der Waals surface area (Å²) >= 11 is 7.21. The lowest BCUT2D eigenvalue weighted by atomic mass is 10.2. The van der Waals surface area contributed by atoms with Crippen molar-refractivity contribution in [2.75, 3.05) is 0 Å². The summed E-state index contributed by atoms with van der Waals surface area (Å²) in [6.07, 6.45) is 1.86. The molecule has 0 spiro atoms. The van der Waals surface area contributed by atoms with Crippen molar-refractivity contribution in [2.24, 2.45) is 0 Å². The van der Waals surface area contributed by atoms with Gasteiger partial charge in [0.15, 0.2) is 4.96 Å². The normalized spacial score (nSPS) is 11.0. The molecule has 4 rings (SSSR count). The van der Waals surface area contributed by atoms with Crippen molar-refractivity contribution >= 4 is 39.5 Å². The Morgan fingerprint density at radius 3 is 2.70 bits per heavy atom. The topological polar surface area (TPSA) is 89.5 Å². The van der Waals surface area contributed by atoms with Gasteiger partial charge in [-0.15, -0.1) is 0 Å². The number of nitrogens with one attached hydrogen (secondary N) is 1. The van der Waals surface area contributed by atoms with Crippen molar-refractivity contribution in [1.82, 2.24) is 14.7 Å². The van der Waals surface area contributed by atoms with E-state index in [-0.39, 0.29) is 28.6 Å². The van der Waals surface area contributed by atoms with Crippen molar-refractivity contribution in [3.05, 3.63) is 85.8 Å². The van der Waals surface area contributed by atoms with Crippen LogP contribution in [0, 0.1) is 22.9 Å². The van der Waals surface area contributed by atoms with E-state index < -0.39 is 10.8 Å². The van der Waals surface area contributed by atoms with Crippen molar-refractivity contribution in [3.63, 3.8) is 0 Å². The second kappa shape index (κ2) is 7.85. The van der Waals surface area contributed by atoms with E-state index in [2.05, 4.69) is 10.3 Å². The summed E-state index contributed by atoms with van der Waals surface area (Å²) in [6, 6.07) is 10.0. The first kappa shape index (κ1) is 20.0. The highest BCUT2D eigenvalue weighted by molar-refractivity contribution is 7.17. The Morgan fingerprint density at radius 2 is 2.03 bits per heavy atom. The number of nitrogens with zero attached hydrogens (tertiary/aromatic N) is 3. The van der Waals surface area contributed by atoms with Gasteiger partial charge in [0.25, 0.3) is 11.6 Å². The number of halogens is 2. The maximum Gasteiger partial charge on any atom is 0.288 e. The fourth-order valence-corrected chi connectivity index (χ4v) is 4.20. The molecule has 10 heteroatoms. The molecule has 2 aromatic heterocycles. The van der Waals surface area contributed by atoms with Gasteiger partial charge < -0.3 is 5.32 Å². The van der Waals surface area contributed by atoms with Crippen LogP contribution in [0.1, 0.15) is 20.9 Å². The highest BCUT2D eigenvalue weighted by atomic mass is 35.5. The number of aromatic nitrogens is 2. The molecule has 0 unspecified atom stereocenters. The number of imidazole rings is 1. The Balaban J connectivity index is 1.52. The van der Waals surface area contributed by atoms with Crippen molar-refractivity contribution in [1.29, 1.82) is 0 Å². The van der Waals surface area contributed by atoms with Crippen molar-refractivity contribution in [2.45, 2.75) is 13.5 Å². The lowest BCUT2D eigenvalue weighted by molar-refractivity contribution is -0.384. The Hall–Kier alpha value is -3.30. The first-order chi connectivity index (χ1) is 14.3. The van der Waals surface area contributed by atoms with Crippen molar-refractivity contribution < 1.29 is 14.1 Å². The molecule has 0 radical (unpaired) electrons. The lowest BCUT2D eigenvalue weighted by Crippen LogP contribution is -2.22. The average Bonchev–Trinajstić information content (AvgIpc) is 3.26. The number of benzene rings is 2. The van der Waals surface area contributed by atoms with E-state index in [0.717, 1.165) is 32.9 Å². The van der Waals surface area contributed by atoms with Gasteiger partial charge >= 0.3 is 0 Å². The number of carbonyl (C=O) groups is 1. The minimum atomic E-state index is -0.629. The van der Waals surface area contributed by atoms with Crippen LogP contribution >= 0.6 is 22.9 Å². The SMILES string of the molecule is Cc1c(CNC(=O)c2ccc(Cl)c([N+](=O)[O-])c2)sc2nc(-c3ccc(F)cc3)cn12. The monoisotopic (exact) mass is 444 g/mol. The third kappa shape index (κ3) is 3.77. The second-order valence-electron chi connectivity index (χ2n) is 6.50. The molecule has 0 saturated heterocycles. The predicted octanol–water partition coefficient (Wildman–Crippen LogP) is 5.00. The molecule has 4 aromatic rings. The lowest BCUT2D eigenvalue weighted by Gasteiger charge is -2.05. The van der Waals surface area contributed by atoms with Gasteiger partial charge in [0, 0.05) is 34.0 Å². The van der Waals surface area contributed by atoms with Crippen LogP contribution in [0.5, 0.6) is 0 Å². The maximum atomic E-state index is 13.1. The molecular formula is C20H14ClFN4O3S. The summed E-state index contributed by atoms with van der Waals surface area (Å²) in [5.74, 6) is -0.743. The summed E-state index contributed by atoms with van der Waals surface area (Å²) < 4.78 is 15.0. The fourth-order valence-electron chi connectivity index (χ4n) is 2.97. The Labute approximate surface area is 178 Å². The highest BCUT2D eigenvalue weighted by Gasteiger charge is 2.18. The van der Waals surface area contributed by atoms with Crippen LogP contribution in [0.2, 0.25) is 5.02 Å². The maximum absolute atomic E-state index is 13.1. The largest absolute Gasteiger partial charge is 0.347 e. The smallest absolute Gasteiger partial charge is 0.288 e. The predicted molar refractivity (Wildman–Crippen MR) is 112 cm³/mol. The number of rotatable bonds is 5. The molecule has 0 saturated carbocycles. The molecule has 0 fully saturated rings. The Bertz CT molecular complexity index is 1280. The zero-order chi connectivity index (χ0) is 21.4. The van der Waals surface area contributed by atoms with Crippen LogP contribution in [0.25, 0.3) is 16.2 Å². The van der Waals surface area contributed by atoms with E-state index in [1.807, 2.05) is 17.5 Å². The molecule has 2 aromatic carbocycles. The molecule has 1 N–H and O–H groups in total. The van der Waals surface area contributed by atoms with Gasteiger partial charge in [0.05, 0.1) is 17.2 Å². The molecule has 7 nitrogen and oxygen atoms in total. The van der Waals surface area contributed by atoms with Gasteiger partial charge in [-0.25, -0.2) is 9.37 Å². The van der Waals surface area contributed by atoms with Crippen LogP contribution in [0.3, 0.4) is 0 Å². The quantitative estimate of drug-likeness (QED) is 0.346. The van der Waals surface area contributed by atoms with Crippen molar-refractivity contribution in [3.8, 4) is 11.3 Å². The molecule has 30 heavy (non-hydrogen) atoms. The molecule has 1 amide bonds. The first-order valence-corrected chi connectivity index (χ1v) is 9.98. The Morgan fingerprint density at radius 1 is 1.30 bits per heavy atom. The summed E-state index contributed by atoms with van der Waals surface area (Å²) in [6.45, 7) is 2.16. The van der Waals surface area contributed by atoms with Crippen LogP contribution in [0.15, 0.2) is 48.7 Å². The summed E-state index contributed by atoms with van der Waals surface area (Å²) in [5.41, 5.74) is 2.30. The summed E-state index contributed by atoms with van der Waals surface area (Å²) in [4.78, 5) is 29.0. The summed E-state index contributed by atoms with van der Waals surface area (Å²) in [5, 5.41) is 13.7. The van der Waals surface area contributed by atoms with E-state index >= 15 is 0 Å². The number of hydrogen-bond acceptors (Lipinski definition) is 5. The van der Waals surface area contributed by atoms with Gasteiger partial charge in [-0.2, -0.15) is 0 Å². The molecule has 0 bridgehead atoms. The van der Waals surface area contributed by atoms with Crippen LogP contribution < -0.4 is 5.32 Å². The molecule has 0 aliphatic heterocycles. The number of fused-ring (bicyclic) bond motifs is 1.